The van der Waals surface area contributed by atoms with Gasteiger partial charge in [-0.05, 0) is 36.4 Å². The Morgan fingerprint density at radius 2 is 1.71 bits per heavy atom. The highest BCUT2D eigenvalue weighted by Crippen LogP contribution is 2.19. The number of para-hydroxylation sites is 1. The first-order valence-electron chi connectivity index (χ1n) is 6.58. The lowest BCUT2D eigenvalue weighted by Gasteiger charge is -2.17. The predicted molar refractivity (Wildman–Crippen MR) is 82.6 cm³/mol. The molecule has 3 rings (SSSR count). The average Bonchev–Trinajstić information content (AvgIpc) is 2.54. The summed E-state index contributed by atoms with van der Waals surface area (Å²) in [5.41, 5.74) is 1.89. The number of carbonyl (C=O) groups is 1. The number of carbonyl (C=O) groups excluding carboxylic acids is 1. The molecule has 0 bridgehead atoms. The molecule has 21 heavy (non-hydrogen) atoms. The number of hydrogen-bond acceptors (Lipinski definition) is 3. The lowest BCUT2D eigenvalue weighted by Crippen LogP contribution is -2.26. The van der Waals surface area contributed by atoms with Gasteiger partial charge in [-0.2, -0.15) is 0 Å². The van der Waals surface area contributed by atoms with Gasteiger partial charge in [0.1, 0.15) is 11.4 Å². The van der Waals surface area contributed by atoms with Crippen LogP contribution >= 0.6 is 0 Å². The van der Waals surface area contributed by atoms with Crippen LogP contribution < -0.4 is 4.90 Å². The summed E-state index contributed by atoms with van der Waals surface area (Å²) in [4.78, 5) is 18.4. The van der Waals surface area contributed by atoms with Gasteiger partial charge in [0.25, 0.3) is 5.91 Å². The quantitative estimate of drug-likeness (QED) is 0.783. The van der Waals surface area contributed by atoms with Gasteiger partial charge in [0.2, 0.25) is 0 Å². The van der Waals surface area contributed by atoms with E-state index in [9.17, 15) is 9.90 Å². The second kappa shape index (κ2) is 5.25. The fourth-order valence-electron chi connectivity index (χ4n) is 2.15. The number of nitrogens with zero attached hydrogens (tertiary/aromatic N) is 2. The maximum Gasteiger partial charge on any atom is 0.276 e. The van der Waals surface area contributed by atoms with Gasteiger partial charge < -0.3 is 10.0 Å². The predicted octanol–water partition coefficient (Wildman–Crippen LogP) is 3.22. The zero-order chi connectivity index (χ0) is 14.8. The highest BCUT2D eigenvalue weighted by molar-refractivity contribution is 6.05. The number of phenolic OH excluding ortho intramolecular Hbond substituents is 1. The third-order valence-corrected chi connectivity index (χ3v) is 3.36. The molecule has 2 aromatic carbocycles. The summed E-state index contributed by atoms with van der Waals surface area (Å²) in [5.74, 6) is -0.0186. The Morgan fingerprint density at radius 3 is 2.48 bits per heavy atom. The first-order chi connectivity index (χ1) is 10.1. The van der Waals surface area contributed by atoms with Crippen LogP contribution in [-0.2, 0) is 0 Å². The van der Waals surface area contributed by atoms with E-state index in [0.29, 0.717) is 11.4 Å². The Labute approximate surface area is 122 Å². The molecule has 0 saturated heterocycles. The molecule has 0 aliphatic carbocycles. The van der Waals surface area contributed by atoms with Crippen LogP contribution in [0.2, 0.25) is 0 Å². The molecule has 0 aliphatic heterocycles. The van der Waals surface area contributed by atoms with Crippen molar-refractivity contribution in [1.29, 1.82) is 0 Å². The number of hydrogen-bond donors (Lipinski definition) is 1. The molecule has 4 nitrogen and oxygen atoms in total. The van der Waals surface area contributed by atoms with E-state index in [1.54, 1.807) is 37.4 Å². The smallest absolute Gasteiger partial charge is 0.276 e. The summed E-state index contributed by atoms with van der Waals surface area (Å²) in [5, 5.41) is 10.3. The summed E-state index contributed by atoms with van der Waals surface area (Å²) in [7, 11) is 1.69. The normalized spacial score (nSPS) is 10.5. The fraction of sp³-hybridized carbons (Fsp3) is 0.0588. The van der Waals surface area contributed by atoms with Crippen molar-refractivity contribution in [3.63, 3.8) is 0 Å². The van der Waals surface area contributed by atoms with Crippen molar-refractivity contribution >= 4 is 22.5 Å². The molecule has 0 spiro atoms. The standard InChI is InChI=1S/C17H14N2O2/c1-19(13-7-9-14(20)10-8-13)17(21)16-11-6-12-4-2-3-5-15(12)18-16/h2-11,20H,1H3. The zero-order valence-electron chi connectivity index (χ0n) is 11.5. The topological polar surface area (TPSA) is 53.4 Å². The van der Waals surface area contributed by atoms with E-state index in [2.05, 4.69) is 4.98 Å². The van der Waals surface area contributed by atoms with Crippen LogP contribution in [0.25, 0.3) is 10.9 Å². The molecule has 1 aromatic heterocycles. The van der Waals surface area contributed by atoms with E-state index in [4.69, 9.17) is 0 Å². The van der Waals surface area contributed by atoms with Crippen molar-refractivity contribution in [1.82, 2.24) is 4.98 Å². The minimum absolute atomic E-state index is 0.170. The fourth-order valence-corrected chi connectivity index (χ4v) is 2.15. The Bertz CT molecular complexity index is 797. The average molecular weight is 278 g/mol. The SMILES string of the molecule is CN(C(=O)c1ccc2ccccc2n1)c1ccc(O)cc1. The second-order valence-electron chi connectivity index (χ2n) is 4.77. The minimum atomic E-state index is -0.188. The monoisotopic (exact) mass is 278 g/mol. The molecule has 4 heteroatoms. The molecular formula is C17H14N2O2. The number of amides is 1. The summed E-state index contributed by atoms with van der Waals surface area (Å²) in [6, 6.07) is 17.8. The van der Waals surface area contributed by atoms with Gasteiger partial charge in [-0.15, -0.1) is 0 Å². The number of pyridine rings is 1. The van der Waals surface area contributed by atoms with Crippen LogP contribution in [0.5, 0.6) is 5.75 Å². The number of rotatable bonds is 2. The lowest BCUT2D eigenvalue weighted by atomic mass is 10.2. The van der Waals surface area contributed by atoms with Crippen molar-refractivity contribution in [3.05, 3.63) is 66.4 Å². The number of phenols is 1. The zero-order valence-corrected chi connectivity index (χ0v) is 11.5. The maximum atomic E-state index is 12.5. The van der Waals surface area contributed by atoms with Gasteiger partial charge in [0, 0.05) is 18.1 Å². The summed E-state index contributed by atoms with van der Waals surface area (Å²) < 4.78 is 0. The van der Waals surface area contributed by atoms with E-state index >= 15 is 0 Å². The lowest BCUT2D eigenvalue weighted by molar-refractivity contribution is 0.0988. The molecule has 1 N–H and O–H groups in total. The molecule has 0 saturated carbocycles. The van der Waals surface area contributed by atoms with Gasteiger partial charge in [0.15, 0.2) is 0 Å². The molecule has 0 fully saturated rings. The van der Waals surface area contributed by atoms with Gasteiger partial charge >= 0.3 is 0 Å². The molecule has 0 aliphatic rings. The number of benzene rings is 2. The molecule has 3 aromatic rings. The Kier molecular flexibility index (Phi) is 3.28. The molecule has 0 radical (unpaired) electrons. The number of anilines is 1. The first-order valence-corrected chi connectivity index (χ1v) is 6.58. The largest absolute Gasteiger partial charge is 0.508 e. The highest BCUT2D eigenvalue weighted by atomic mass is 16.3. The third-order valence-electron chi connectivity index (χ3n) is 3.36. The van der Waals surface area contributed by atoms with Crippen molar-refractivity contribution in [2.45, 2.75) is 0 Å². The van der Waals surface area contributed by atoms with Gasteiger partial charge in [-0.1, -0.05) is 24.3 Å². The third kappa shape index (κ3) is 2.56. The van der Waals surface area contributed by atoms with Gasteiger partial charge in [0.05, 0.1) is 5.52 Å². The van der Waals surface area contributed by atoms with E-state index in [1.807, 2.05) is 30.3 Å². The summed E-state index contributed by atoms with van der Waals surface area (Å²) >= 11 is 0. The maximum absolute atomic E-state index is 12.5. The molecule has 0 atom stereocenters. The number of aromatic hydroxyl groups is 1. The number of fused-ring (bicyclic) bond motifs is 1. The van der Waals surface area contributed by atoms with Crippen molar-refractivity contribution < 1.29 is 9.90 Å². The van der Waals surface area contributed by atoms with Crippen molar-refractivity contribution in [2.75, 3.05) is 11.9 Å². The van der Waals surface area contributed by atoms with Gasteiger partial charge in [-0.25, -0.2) is 4.98 Å². The van der Waals surface area contributed by atoms with Crippen molar-refractivity contribution in [2.24, 2.45) is 0 Å². The van der Waals surface area contributed by atoms with Crippen LogP contribution in [-0.4, -0.2) is 23.0 Å². The van der Waals surface area contributed by atoms with E-state index in [0.717, 1.165) is 10.9 Å². The Balaban J connectivity index is 1.94. The minimum Gasteiger partial charge on any atom is -0.508 e. The van der Waals surface area contributed by atoms with E-state index < -0.39 is 0 Å². The van der Waals surface area contributed by atoms with Crippen LogP contribution in [0.4, 0.5) is 5.69 Å². The summed E-state index contributed by atoms with van der Waals surface area (Å²) in [6.07, 6.45) is 0. The number of aromatic nitrogens is 1. The molecule has 0 unspecified atom stereocenters. The van der Waals surface area contributed by atoms with Crippen LogP contribution in [0.15, 0.2) is 60.7 Å². The van der Waals surface area contributed by atoms with Crippen LogP contribution in [0, 0.1) is 0 Å². The van der Waals surface area contributed by atoms with Gasteiger partial charge in [-0.3, -0.25) is 4.79 Å². The highest BCUT2D eigenvalue weighted by Gasteiger charge is 2.15. The Morgan fingerprint density at radius 1 is 1.00 bits per heavy atom. The van der Waals surface area contributed by atoms with E-state index in [1.165, 1.54) is 4.90 Å². The Hall–Kier alpha value is -2.88. The first kappa shape index (κ1) is 13.1. The molecule has 104 valence electrons. The summed E-state index contributed by atoms with van der Waals surface area (Å²) in [6.45, 7) is 0. The van der Waals surface area contributed by atoms with Crippen molar-refractivity contribution in [3.8, 4) is 5.75 Å². The van der Waals surface area contributed by atoms with Crippen LogP contribution in [0.1, 0.15) is 10.5 Å². The second-order valence-corrected chi connectivity index (χ2v) is 4.77. The molecule has 1 heterocycles. The van der Waals surface area contributed by atoms with Crippen LogP contribution in [0.3, 0.4) is 0 Å². The van der Waals surface area contributed by atoms with E-state index in [-0.39, 0.29) is 11.7 Å². The molecular weight excluding hydrogens is 264 g/mol. The molecule has 1 amide bonds.